The second-order valence-corrected chi connectivity index (χ2v) is 7.36. The van der Waals surface area contributed by atoms with Crippen LogP contribution >= 0.6 is 0 Å². The van der Waals surface area contributed by atoms with E-state index in [0.29, 0.717) is 25.9 Å². The molecule has 1 saturated carbocycles. The molecular weight excluding hydrogens is 352 g/mol. The number of nitrogens with one attached hydrogen (secondary N) is 1. The molecule has 8 heteroatoms. The van der Waals surface area contributed by atoms with Gasteiger partial charge in [-0.2, -0.15) is 13.2 Å². The minimum Gasteiger partial charge on any atom is -0.391 e. The lowest BCUT2D eigenvalue weighted by Gasteiger charge is -2.35. The van der Waals surface area contributed by atoms with Crippen molar-refractivity contribution >= 4 is 5.91 Å². The molecule has 2 N–H and O–H groups in total. The summed E-state index contributed by atoms with van der Waals surface area (Å²) in [4.78, 5) is 13.2. The molecular formula is C18H22F4N2O2. The first-order valence-electron chi connectivity index (χ1n) is 8.66. The monoisotopic (exact) mass is 374 g/mol. The lowest BCUT2D eigenvalue weighted by molar-refractivity contribution is -0.137. The lowest BCUT2D eigenvalue weighted by Crippen LogP contribution is -2.48. The number of nitrogens with zero attached hydrogens (tertiary/aromatic N) is 1. The fourth-order valence-corrected chi connectivity index (χ4v) is 4.19. The normalized spacial score (nSPS) is 29.5. The average Bonchev–Trinajstić information content (AvgIpc) is 2.89. The molecule has 1 saturated heterocycles. The van der Waals surface area contributed by atoms with E-state index in [1.54, 1.807) is 0 Å². The van der Waals surface area contributed by atoms with E-state index in [0.717, 1.165) is 18.2 Å². The lowest BCUT2D eigenvalue weighted by atomic mass is 9.77. The average molecular weight is 374 g/mol. The molecule has 1 aromatic rings. The van der Waals surface area contributed by atoms with Gasteiger partial charge in [0.15, 0.2) is 0 Å². The van der Waals surface area contributed by atoms with Crippen molar-refractivity contribution in [2.45, 2.75) is 44.6 Å². The number of hydrogen-bond acceptors (Lipinski definition) is 3. The molecule has 1 aliphatic heterocycles. The smallest absolute Gasteiger partial charge is 0.391 e. The van der Waals surface area contributed by atoms with Crippen molar-refractivity contribution in [3.63, 3.8) is 0 Å². The number of carbonyl (C=O) groups is 1. The van der Waals surface area contributed by atoms with Crippen LogP contribution in [0.1, 0.15) is 30.9 Å². The molecule has 0 spiro atoms. The van der Waals surface area contributed by atoms with Gasteiger partial charge in [-0.3, -0.25) is 9.69 Å². The van der Waals surface area contributed by atoms with Crippen LogP contribution in [-0.4, -0.2) is 41.1 Å². The number of aliphatic hydroxyl groups excluding tert-OH is 1. The molecule has 1 aromatic carbocycles. The Kier molecular flexibility index (Phi) is 5.25. The van der Waals surface area contributed by atoms with Crippen LogP contribution in [0.4, 0.5) is 17.6 Å². The van der Waals surface area contributed by atoms with Crippen molar-refractivity contribution < 1.29 is 27.5 Å². The van der Waals surface area contributed by atoms with Gasteiger partial charge in [0.2, 0.25) is 5.91 Å². The first-order valence-corrected chi connectivity index (χ1v) is 8.66. The molecule has 3 rings (SSSR count). The van der Waals surface area contributed by atoms with Crippen LogP contribution in [0.15, 0.2) is 18.2 Å². The van der Waals surface area contributed by atoms with Gasteiger partial charge in [0.05, 0.1) is 17.7 Å². The zero-order valence-corrected chi connectivity index (χ0v) is 14.4. The topological polar surface area (TPSA) is 52.6 Å². The third kappa shape index (κ3) is 4.17. The van der Waals surface area contributed by atoms with Gasteiger partial charge in [-0.05, 0) is 42.9 Å². The minimum atomic E-state index is -4.50. The summed E-state index contributed by atoms with van der Waals surface area (Å²) in [5.74, 6) is -0.426. The van der Waals surface area contributed by atoms with Gasteiger partial charge in [-0.1, -0.05) is 0 Å². The summed E-state index contributed by atoms with van der Waals surface area (Å²) in [7, 11) is 0. The molecule has 26 heavy (non-hydrogen) atoms. The number of benzene rings is 1. The fraction of sp³-hybridized carbons (Fsp3) is 0.611. The van der Waals surface area contributed by atoms with Crippen molar-refractivity contribution in [1.82, 2.24) is 10.2 Å². The van der Waals surface area contributed by atoms with E-state index in [2.05, 4.69) is 5.32 Å². The molecule has 0 aromatic heterocycles. The van der Waals surface area contributed by atoms with Crippen molar-refractivity contribution in [3.8, 4) is 0 Å². The number of fused-ring (bicyclic) bond motifs is 1. The number of hydrogen-bond donors (Lipinski definition) is 2. The molecule has 1 heterocycles. The van der Waals surface area contributed by atoms with Gasteiger partial charge in [-0.15, -0.1) is 0 Å². The largest absolute Gasteiger partial charge is 0.416 e. The van der Waals surface area contributed by atoms with Crippen LogP contribution in [-0.2, 0) is 17.5 Å². The van der Waals surface area contributed by atoms with Crippen LogP contribution in [0.3, 0.4) is 0 Å². The molecule has 144 valence electrons. The zero-order chi connectivity index (χ0) is 19.1. The number of alkyl halides is 3. The third-order valence-corrected chi connectivity index (χ3v) is 5.37. The maximum Gasteiger partial charge on any atom is 0.416 e. The van der Waals surface area contributed by atoms with Gasteiger partial charge in [0, 0.05) is 32.1 Å². The Morgan fingerprint density at radius 3 is 2.54 bits per heavy atom. The standard InChI is InChI=1S/C18H22F4N2O2/c1-10(25)23-16-5-11-7-24(8-12(11)6-17(16)26)9-13-4-14(18(20,21)22)2-3-15(13)19/h2-4,11-12,16-17,26H,5-9H2,1H3,(H,23,25)/t11-,12+,16-,17-/m1/s1. The molecule has 0 radical (unpaired) electrons. The number of amides is 1. The van der Waals surface area contributed by atoms with E-state index in [1.165, 1.54) is 6.92 Å². The van der Waals surface area contributed by atoms with Crippen LogP contribution in [0.5, 0.6) is 0 Å². The van der Waals surface area contributed by atoms with Gasteiger partial charge < -0.3 is 10.4 Å². The predicted octanol–water partition coefficient (Wildman–Crippen LogP) is 2.55. The second kappa shape index (κ2) is 7.15. The van der Waals surface area contributed by atoms with Crippen molar-refractivity contribution in [2.24, 2.45) is 11.8 Å². The molecule has 1 amide bonds. The zero-order valence-electron chi connectivity index (χ0n) is 14.4. The highest BCUT2D eigenvalue weighted by Crippen LogP contribution is 2.38. The van der Waals surface area contributed by atoms with Crippen molar-refractivity contribution in [2.75, 3.05) is 13.1 Å². The van der Waals surface area contributed by atoms with Gasteiger partial charge in [-0.25, -0.2) is 4.39 Å². The summed E-state index contributed by atoms with van der Waals surface area (Å²) in [5, 5.41) is 12.9. The predicted molar refractivity (Wildman–Crippen MR) is 86.5 cm³/mol. The number of halogens is 4. The van der Waals surface area contributed by atoms with Gasteiger partial charge in [0.25, 0.3) is 0 Å². The Labute approximate surface area is 149 Å². The molecule has 4 nitrogen and oxygen atoms in total. The molecule has 4 atom stereocenters. The highest BCUT2D eigenvalue weighted by atomic mass is 19.4. The fourth-order valence-electron chi connectivity index (χ4n) is 4.19. The first kappa shape index (κ1) is 19.1. The maximum absolute atomic E-state index is 14.0. The summed E-state index contributed by atoms with van der Waals surface area (Å²) in [6.07, 6.45) is -3.99. The molecule has 2 fully saturated rings. The third-order valence-electron chi connectivity index (χ3n) is 5.37. The summed E-state index contributed by atoms with van der Waals surface area (Å²) in [6, 6.07) is 2.17. The molecule has 0 unspecified atom stereocenters. The van der Waals surface area contributed by atoms with E-state index in [1.807, 2.05) is 4.90 Å². The van der Waals surface area contributed by atoms with Gasteiger partial charge >= 0.3 is 6.18 Å². The summed E-state index contributed by atoms with van der Waals surface area (Å²) in [5.41, 5.74) is -0.830. The van der Waals surface area contributed by atoms with Crippen LogP contribution < -0.4 is 5.32 Å². The van der Waals surface area contributed by atoms with Crippen molar-refractivity contribution in [3.05, 3.63) is 35.1 Å². The highest BCUT2D eigenvalue weighted by molar-refractivity contribution is 5.73. The van der Waals surface area contributed by atoms with E-state index < -0.39 is 23.7 Å². The number of rotatable bonds is 3. The Bertz CT molecular complexity index is 680. The Morgan fingerprint density at radius 1 is 1.27 bits per heavy atom. The quantitative estimate of drug-likeness (QED) is 0.800. The number of aliphatic hydroxyl groups is 1. The highest BCUT2D eigenvalue weighted by Gasteiger charge is 2.42. The summed E-state index contributed by atoms with van der Waals surface area (Å²) in [6.45, 7) is 2.72. The Balaban J connectivity index is 1.68. The van der Waals surface area contributed by atoms with E-state index >= 15 is 0 Å². The molecule has 0 bridgehead atoms. The van der Waals surface area contributed by atoms with Crippen LogP contribution in [0.2, 0.25) is 0 Å². The second-order valence-electron chi connectivity index (χ2n) is 7.36. The Hall–Kier alpha value is -1.67. The minimum absolute atomic E-state index is 0.0254. The number of likely N-dealkylation sites (tertiary alicyclic amines) is 1. The van der Waals surface area contributed by atoms with Crippen LogP contribution in [0, 0.1) is 17.7 Å². The maximum atomic E-state index is 14.0. The first-order chi connectivity index (χ1) is 12.1. The van der Waals surface area contributed by atoms with Crippen LogP contribution in [0.25, 0.3) is 0 Å². The van der Waals surface area contributed by atoms with E-state index in [4.69, 9.17) is 0 Å². The van der Waals surface area contributed by atoms with Gasteiger partial charge in [0.1, 0.15) is 5.82 Å². The molecule has 2 aliphatic rings. The molecule has 1 aliphatic carbocycles. The summed E-state index contributed by atoms with van der Waals surface area (Å²) >= 11 is 0. The number of carbonyl (C=O) groups excluding carboxylic acids is 1. The summed E-state index contributed by atoms with van der Waals surface area (Å²) < 4.78 is 52.5. The Morgan fingerprint density at radius 2 is 1.92 bits per heavy atom. The van der Waals surface area contributed by atoms with Crippen molar-refractivity contribution in [1.29, 1.82) is 0 Å². The SMILES string of the molecule is CC(=O)N[C@@H]1C[C@@H]2CN(Cc3cc(C(F)(F)F)ccc3F)C[C@@H]2C[C@H]1O. The van der Waals surface area contributed by atoms with E-state index in [9.17, 15) is 27.5 Å². The van der Waals surface area contributed by atoms with E-state index in [-0.39, 0.29) is 35.9 Å².